The molecular formula is C36H44N4O9S. The summed E-state index contributed by atoms with van der Waals surface area (Å²) in [6.45, 7) is 9.77. The molecule has 1 aromatic rings. The van der Waals surface area contributed by atoms with Crippen LogP contribution in [0.15, 0.2) is 30.9 Å². The van der Waals surface area contributed by atoms with Crippen LogP contribution in [0.2, 0.25) is 0 Å². The molecule has 1 aromatic carbocycles. The second-order valence-corrected chi connectivity index (χ2v) is 17.0. The van der Waals surface area contributed by atoms with E-state index in [0.717, 1.165) is 16.7 Å². The van der Waals surface area contributed by atoms with Crippen molar-refractivity contribution in [1.29, 1.82) is 0 Å². The Bertz CT molecular complexity index is 1790. The molecule has 3 N–H and O–H groups in total. The van der Waals surface area contributed by atoms with Crippen LogP contribution in [-0.4, -0.2) is 72.6 Å². The molecule has 268 valence electrons. The van der Waals surface area contributed by atoms with E-state index >= 15 is 0 Å². The highest BCUT2D eigenvalue weighted by atomic mass is 32.2. The number of Topliss-reactive ketones (excluding diaryl/α,β-unsaturated/α-hetero) is 1. The molecule has 2 aliphatic heterocycles. The van der Waals surface area contributed by atoms with Crippen LogP contribution in [0.25, 0.3) is 0 Å². The van der Waals surface area contributed by atoms with Crippen LogP contribution in [0.1, 0.15) is 82.4 Å². The monoisotopic (exact) mass is 708 g/mol. The maximum absolute atomic E-state index is 14.4. The summed E-state index contributed by atoms with van der Waals surface area (Å²) in [5.41, 5.74) is 0.315. The Morgan fingerprint density at radius 2 is 1.90 bits per heavy atom. The number of nitrogens with zero attached hydrogens (tertiary/aromatic N) is 1. The van der Waals surface area contributed by atoms with E-state index < -0.39 is 85.9 Å². The molecule has 6 atom stereocenters. The molecule has 3 saturated carbocycles. The van der Waals surface area contributed by atoms with Gasteiger partial charge in [0.05, 0.1) is 30.4 Å². The standard InChI is InChI=1S/C36H44N4O9S/c1-5-23-18-36(23,32(43)39-50(46,47)25-13-14-25)38-31(42)27-17-24-16-26(27)29(41)30(35(2,3)4)37-33(44)48-15-8-6-7-10-21-11-9-12-22-19-40(20-28(21)22)34(45)49-24/h5,9,11-12,23-27,30H,1,6,8,13-20H2,2-4H3,(H,37,44)(H,38,42)(H,39,43)/t23-,24+,26?,27-,30-,36-/m1/s1. The van der Waals surface area contributed by atoms with Crippen molar-refractivity contribution in [2.45, 2.75) is 102 Å². The first-order valence-electron chi connectivity index (χ1n) is 17.2. The van der Waals surface area contributed by atoms with E-state index in [1.807, 2.05) is 18.2 Å². The number of ketones is 1. The summed E-state index contributed by atoms with van der Waals surface area (Å²) in [6, 6.07) is 4.63. The van der Waals surface area contributed by atoms with Crippen LogP contribution in [0.3, 0.4) is 0 Å². The Hall–Kier alpha value is -4.38. The van der Waals surface area contributed by atoms with Gasteiger partial charge in [-0.25, -0.2) is 18.0 Å². The number of carbonyl (C=O) groups excluding carboxylic acids is 5. The first kappa shape index (κ1) is 35.4. The Morgan fingerprint density at radius 1 is 1.14 bits per heavy atom. The minimum Gasteiger partial charge on any atom is -0.450 e. The molecule has 50 heavy (non-hydrogen) atoms. The van der Waals surface area contributed by atoms with Gasteiger partial charge in [-0.1, -0.05) is 50.8 Å². The summed E-state index contributed by atoms with van der Waals surface area (Å²) >= 11 is 0. The van der Waals surface area contributed by atoms with E-state index in [2.05, 4.69) is 33.8 Å². The molecule has 0 spiro atoms. The summed E-state index contributed by atoms with van der Waals surface area (Å²) < 4.78 is 38.7. The van der Waals surface area contributed by atoms with E-state index in [1.54, 1.807) is 25.7 Å². The molecule has 14 heteroatoms. The van der Waals surface area contributed by atoms with E-state index in [-0.39, 0.29) is 32.4 Å². The fourth-order valence-electron chi connectivity index (χ4n) is 7.18. The predicted molar refractivity (Wildman–Crippen MR) is 180 cm³/mol. The second-order valence-electron chi connectivity index (χ2n) is 15.1. The van der Waals surface area contributed by atoms with E-state index in [4.69, 9.17) is 9.47 Å². The summed E-state index contributed by atoms with van der Waals surface area (Å²) in [5.74, 6) is 1.74. The number of sulfonamides is 1. The fourth-order valence-corrected chi connectivity index (χ4v) is 8.54. The SMILES string of the molecule is C=C[C@@H]1C[C@]1(NC(=O)[C@@H]1C[C@@H]2CC1C(=O)[C@H](C(C)(C)C)NC(=O)OCCCC#Cc1cccc3c1CN(C3)C(=O)O2)C(=O)NS(=O)(=O)C1CC1. The number of ether oxygens (including phenoxy) is 2. The maximum atomic E-state index is 14.4. The zero-order chi connectivity index (χ0) is 36.0. The lowest BCUT2D eigenvalue weighted by Gasteiger charge is -2.33. The van der Waals surface area contributed by atoms with Crippen molar-refractivity contribution >= 4 is 39.8 Å². The lowest BCUT2D eigenvalue weighted by atomic mass is 9.77. The van der Waals surface area contributed by atoms with Gasteiger partial charge in [-0.05, 0) is 61.1 Å². The molecule has 2 heterocycles. The summed E-state index contributed by atoms with van der Waals surface area (Å²) in [7, 11) is -3.90. The molecule has 0 saturated heterocycles. The minimum atomic E-state index is -3.90. The minimum absolute atomic E-state index is 0.00360. The van der Waals surface area contributed by atoms with Crippen LogP contribution >= 0.6 is 0 Å². The third-order valence-electron chi connectivity index (χ3n) is 10.3. The molecule has 5 aliphatic rings. The quantitative estimate of drug-likeness (QED) is 0.296. The number of rotatable bonds is 6. The highest BCUT2D eigenvalue weighted by Gasteiger charge is 2.62. The highest BCUT2D eigenvalue weighted by molar-refractivity contribution is 7.91. The number of carbonyl (C=O) groups is 5. The van der Waals surface area contributed by atoms with Gasteiger partial charge in [0.15, 0.2) is 5.78 Å². The fraction of sp³-hybridized carbons (Fsp3) is 0.583. The number of hydrogen-bond acceptors (Lipinski definition) is 9. The smallest absolute Gasteiger partial charge is 0.410 e. The largest absolute Gasteiger partial charge is 0.450 e. The van der Waals surface area contributed by atoms with Crippen LogP contribution < -0.4 is 15.4 Å². The molecule has 3 fully saturated rings. The van der Waals surface area contributed by atoms with Gasteiger partial charge < -0.3 is 20.1 Å². The van der Waals surface area contributed by atoms with Gasteiger partial charge in [0, 0.05) is 30.4 Å². The molecule has 6 rings (SSSR count). The normalized spacial score (nSPS) is 29.9. The Kier molecular flexibility index (Phi) is 9.49. The van der Waals surface area contributed by atoms with Crippen molar-refractivity contribution < 1.29 is 41.9 Å². The van der Waals surface area contributed by atoms with Gasteiger partial charge >= 0.3 is 12.2 Å². The first-order chi connectivity index (χ1) is 23.6. The number of amides is 4. The third kappa shape index (κ3) is 7.24. The zero-order valence-electron chi connectivity index (χ0n) is 28.6. The molecular weight excluding hydrogens is 664 g/mol. The van der Waals surface area contributed by atoms with E-state index in [1.165, 1.54) is 6.08 Å². The molecule has 1 unspecified atom stereocenters. The van der Waals surface area contributed by atoms with Crippen molar-refractivity contribution in [3.63, 3.8) is 0 Å². The van der Waals surface area contributed by atoms with Crippen molar-refractivity contribution in [1.82, 2.24) is 20.3 Å². The molecule has 3 aliphatic carbocycles. The zero-order valence-corrected chi connectivity index (χ0v) is 29.4. The average Bonchev–Trinajstić information content (AvgIpc) is 3.94. The molecule has 13 nitrogen and oxygen atoms in total. The Morgan fingerprint density at radius 3 is 2.58 bits per heavy atom. The molecule has 4 amide bonds. The number of nitrogens with one attached hydrogen (secondary N) is 3. The molecule has 0 aromatic heterocycles. The van der Waals surface area contributed by atoms with Crippen LogP contribution in [-0.2, 0) is 47.0 Å². The van der Waals surface area contributed by atoms with Crippen molar-refractivity contribution in [2.75, 3.05) is 6.61 Å². The number of fused-ring (bicyclic) bond motifs is 3. The van der Waals surface area contributed by atoms with Crippen molar-refractivity contribution in [3.05, 3.63) is 47.5 Å². The van der Waals surface area contributed by atoms with Crippen molar-refractivity contribution in [2.24, 2.45) is 23.2 Å². The lowest BCUT2D eigenvalue weighted by molar-refractivity contribution is -0.137. The highest BCUT2D eigenvalue weighted by Crippen LogP contribution is 2.47. The average molecular weight is 709 g/mol. The number of alkyl carbamates (subject to hydrolysis) is 1. The van der Waals surface area contributed by atoms with E-state index in [0.29, 0.717) is 32.2 Å². The Balaban J connectivity index is 1.28. The van der Waals surface area contributed by atoms with Gasteiger partial charge in [0.1, 0.15) is 11.6 Å². The number of benzene rings is 1. The van der Waals surface area contributed by atoms with Crippen molar-refractivity contribution in [3.8, 4) is 11.8 Å². The number of hydrogen-bond donors (Lipinski definition) is 3. The molecule has 0 radical (unpaired) electrons. The Labute approximate surface area is 292 Å². The first-order valence-corrected chi connectivity index (χ1v) is 18.7. The summed E-state index contributed by atoms with van der Waals surface area (Å²) in [5, 5.41) is 4.82. The van der Waals surface area contributed by atoms with Gasteiger partial charge in [0.25, 0.3) is 5.91 Å². The van der Waals surface area contributed by atoms with Crippen LogP contribution in [0, 0.1) is 35.0 Å². The summed E-state index contributed by atoms with van der Waals surface area (Å²) in [6.07, 6.45) is 1.22. The van der Waals surface area contributed by atoms with E-state index in [9.17, 15) is 32.4 Å². The molecule has 4 bridgehead atoms. The lowest BCUT2D eigenvalue weighted by Crippen LogP contribution is -2.55. The number of cyclic esters (lactones) is 1. The second kappa shape index (κ2) is 13.4. The van der Waals surface area contributed by atoms with Gasteiger partial charge in [0.2, 0.25) is 15.9 Å². The third-order valence-corrected chi connectivity index (χ3v) is 12.1. The maximum Gasteiger partial charge on any atom is 0.410 e. The van der Waals surface area contributed by atoms with Gasteiger partial charge in [-0.2, -0.15) is 0 Å². The summed E-state index contributed by atoms with van der Waals surface area (Å²) in [4.78, 5) is 69.9. The predicted octanol–water partition coefficient (Wildman–Crippen LogP) is 3.06. The van der Waals surface area contributed by atoms with Crippen LogP contribution in [0.4, 0.5) is 9.59 Å². The van der Waals surface area contributed by atoms with Gasteiger partial charge in [-0.3, -0.25) is 24.0 Å². The van der Waals surface area contributed by atoms with Gasteiger partial charge in [-0.15, -0.1) is 6.58 Å². The van der Waals surface area contributed by atoms with Crippen LogP contribution in [0.5, 0.6) is 0 Å². The topological polar surface area (TPSA) is 177 Å².